The topological polar surface area (TPSA) is 41.1 Å². The fourth-order valence-corrected chi connectivity index (χ4v) is 2.08. The van der Waals surface area contributed by atoms with Crippen molar-refractivity contribution in [3.63, 3.8) is 0 Å². The van der Waals surface area contributed by atoms with Crippen LogP contribution >= 0.6 is 11.6 Å². The summed E-state index contributed by atoms with van der Waals surface area (Å²) >= 11 is 5.79. The van der Waals surface area contributed by atoms with E-state index in [0.29, 0.717) is 11.6 Å². The summed E-state index contributed by atoms with van der Waals surface area (Å²) in [7, 11) is 0. The molecule has 0 aromatic heterocycles. The fourth-order valence-electron chi connectivity index (χ4n) is 1.96. The first-order valence-electron chi connectivity index (χ1n) is 6.99. The Bertz CT molecular complexity index is 579. The van der Waals surface area contributed by atoms with Gasteiger partial charge in [-0.15, -0.1) is 0 Å². The zero-order valence-electron chi connectivity index (χ0n) is 12.0. The third kappa shape index (κ3) is 5.48. The van der Waals surface area contributed by atoms with E-state index in [-0.39, 0.29) is 6.03 Å². The van der Waals surface area contributed by atoms with Gasteiger partial charge in [-0.25, -0.2) is 4.79 Å². The molecule has 0 fully saturated rings. The van der Waals surface area contributed by atoms with Gasteiger partial charge >= 0.3 is 6.03 Å². The largest absolute Gasteiger partial charge is 0.338 e. The molecule has 2 amide bonds. The molecule has 0 radical (unpaired) electrons. The average molecular weight is 303 g/mol. The first-order chi connectivity index (χ1) is 10.1. The van der Waals surface area contributed by atoms with Gasteiger partial charge in [0.25, 0.3) is 0 Å². The highest BCUT2D eigenvalue weighted by molar-refractivity contribution is 6.30. The number of carbonyl (C=O) groups excluding carboxylic acids is 1. The van der Waals surface area contributed by atoms with Crippen LogP contribution in [0.2, 0.25) is 5.02 Å². The number of urea groups is 1. The molecule has 2 N–H and O–H groups in total. The van der Waals surface area contributed by atoms with Crippen LogP contribution in [0.5, 0.6) is 0 Å². The molecule has 0 saturated carbocycles. The molecule has 0 spiro atoms. The molecule has 0 bridgehead atoms. The minimum Gasteiger partial charge on any atom is -0.338 e. The van der Waals surface area contributed by atoms with Gasteiger partial charge < -0.3 is 10.6 Å². The van der Waals surface area contributed by atoms with Gasteiger partial charge in [0, 0.05) is 17.3 Å². The Labute approximate surface area is 130 Å². The van der Waals surface area contributed by atoms with Gasteiger partial charge in [-0.3, -0.25) is 0 Å². The van der Waals surface area contributed by atoms with Gasteiger partial charge in [0.2, 0.25) is 0 Å². The van der Waals surface area contributed by atoms with E-state index in [1.807, 2.05) is 0 Å². The maximum Gasteiger partial charge on any atom is 0.319 e. The Morgan fingerprint density at radius 1 is 1.05 bits per heavy atom. The van der Waals surface area contributed by atoms with Crippen LogP contribution in [0.4, 0.5) is 10.5 Å². The molecular weight excluding hydrogens is 284 g/mol. The Morgan fingerprint density at radius 3 is 2.38 bits per heavy atom. The summed E-state index contributed by atoms with van der Waals surface area (Å²) < 4.78 is 0. The van der Waals surface area contributed by atoms with E-state index >= 15 is 0 Å². The summed E-state index contributed by atoms with van der Waals surface area (Å²) in [6, 6.07) is 15.3. The molecule has 2 aromatic carbocycles. The number of hydrogen-bond acceptors (Lipinski definition) is 1. The molecule has 0 unspecified atom stereocenters. The van der Waals surface area contributed by atoms with Crippen LogP contribution in [-0.4, -0.2) is 12.6 Å². The summed E-state index contributed by atoms with van der Waals surface area (Å²) in [6.45, 7) is 2.72. The number of halogens is 1. The predicted octanol–water partition coefficient (Wildman–Crippen LogP) is 4.40. The van der Waals surface area contributed by atoms with Crippen molar-refractivity contribution in [3.05, 3.63) is 64.7 Å². The van der Waals surface area contributed by atoms with Crippen molar-refractivity contribution in [1.29, 1.82) is 0 Å². The lowest BCUT2D eigenvalue weighted by Gasteiger charge is -2.08. The Kier molecular flexibility index (Phi) is 5.64. The molecule has 0 heterocycles. The van der Waals surface area contributed by atoms with Crippen molar-refractivity contribution in [1.82, 2.24) is 5.32 Å². The summed E-state index contributed by atoms with van der Waals surface area (Å²) in [4.78, 5) is 11.7. The number of anilines is 1. The molecule has 110 valence electrons. The predicted molar refractivity (Wildman–Crippen MR) is 88.0 cm³/mol. The van der Waals surface area contributed by atoms with Crippen molar-refractivity contribution in [2.24, 2.45) is 0 Å². The van der Waals surface area contributed by atoms with Crippen LogP contribution in [0.15, 0.2) is 48.5 Å². The van der Waals surface area contributed by atoms with Crippen LogP contribution in [0.25, 0.3) is 0 Å². The number of aryl methyl sites for hydroxylation is 2. The standard InChI is InChI=1S/C17H19ClN2O/c1-13-4-6-14(7-5-13)3-2-12-19-17(21)20-16-10-8-15(18)9-11-16/h4-11H,2-3,12H2,1H3,(H2,19,20,21). The van der Waals surface area contributed by atoms with Crippen LogP contribution in [-0.2, 0) is 6.42 Å². The summed E-state index contributed by atoms with van der Waals surface area (Å²) in [5.74, 6) is 0. The van der Waals surface area contributed by atoms with Crippen molar-refractivity contribution in [3.8, 4) is 0 Å². The molecule has 3 nitrogen and oxygen atoms in total. The lowest BCUT2D eigenvalue weighted by Crippen LogP contribution is -2.29. The Balaban J connectivity index is 1.67. The average Bonchev–Trinajstić information content (AvgIpc) is 2.48. The third-order valence-electron chi connectivity index (χ3n) is 3.15. The van der Waals surface area contributed by atoms with Gasteiger partial charge in [-0.2, -0.15) is 0 Å². The minimum atomic E-state index is -0.193. The highest BCUT2D eigenvalue weighted by atomic mass is 35.5. The molecule has 0 aliphatic heterocycles. The van der Waals surface area contributed by atoms with Crippen LogP contribution in [0.1, 0.15) is 17.5 Å². The monoisotopic (exact) mass is 302 g/mol. The smallest absolute Gasteiger partial charge is 0.319 e. The summed E-state index contributed by atoms with van der Waals surface area (Å²) in [5.41, 5.74) is 3.29. The van der Waals surface area contributed by atoms with Crippen molar-refractivity contribution in [2.45, 2.75) is 19.8 Å². The molecule has 0 atom stereocenters. The Morgan fingerprint density at radius 2 is 1.71 bits per heavy atom. The lowest BCUT2D eigenvalue weighted by atomic mass is 10.1. The second kappa shape index (κ2) is 7.70. The van der Waals surface area contributed by atoms with E-state index in [1.54, 1.807) is 24.3 Å². The minimum absolute atomic E-state index is 0.193. The van der Waals surface area contributed by atoms with Gasteiger partial charge in [0.05, 0.1) is 0 Å². The lowest BCUT2D eigenvalue weighted by molar-refractivity contribution is 0.252. The number of hydrogen-bond donors (Lipinski definition) is 2. The fraction of sp³-hybridized carbons (Fsp3) is 0.235. The number of carbonyl (C=O) groups is 1. The second-order valence-corrected chi connectivity index (χ2v) is 5.41. The van der Waals surface area contributed by atoms with Crippen molar-refractivity contribution >= 4 is 23.3 Å². The highest BCUT2D eigenvalue weighted by Crippen LogP contribution is 2.13. The van der Waals surface area contributed by atoms with Crippen LogP contribution in [0, 0.1) is 6.92 Å². The van der Waals surface area contributed by atoms with Gasteiger partial charge in [-0.05, 0) is 49.6 Å². The zero-order chi connectivity index (χ0) is 15.1. The number of rotatable bonds is 5. The normalized spacial score (nSPS) is 10.2. The molecule has 2 rings (SSSR count). The zero-order valence-corrected chi connectivity index (χ0v) is 12.8. The van der Waals surface area contributed by atoms with Crippen molar-refractivity contribution < 1.29 is 4.79 Å². The molecule has 0 saturated heterocycles. The van der Waals surface area contributed by atoms with E-state index in [2.05, 4.69) is 41.8 Å². The number of amides is 2. The SMILES string of the molecule is Cc1ccc(CCCNC(=O)Nc2ccc(Cl)cc2)cc1. The highest BCUT2D eigenvalue weighted by Gasteiger charge is 2.01. The third-order valence-corrected chi connectivity index (χ3v) is 3.40. The summed E-state index contributed by atoms with van der Waals surface area (Å²) in [5, 5.41) is 6.26. The summed E-state index contributed by atoms with van der Waals surface area (Å²) in [6.07, 6.45) is 1.87. The molecule has 0 aliphatic carbocycles. The second-order valence-electron chi connectivity index (χ2n) is 4.98. The number of benzene rings is 2. The van der Waals surface area contributed by atoms with Crippen molar-refractivity contribution in [2.75, 3.05) is 11.9 Å². The Hall–Kier alpha value is -2.00. The maximum atomic E-state index is 11.7. The number of nitrogens with one attached hydrogen (secondary N) is 2. The first-order valence-corrected chi connectivity index (χ1v) is 7.37. The maximum absolute atomic E-state index is 11.7. The van der Waals surface area contributed by atoms with Gasteiger partial charge in [0.15, 0.2) is 0 Å². The quantitative estimate of drug-likeness (QED) is 0.790. The van der Waals surface area contributed by atoms with E-state index in [4.69, 9.17) is 11.6 Å². The van der Waals surface area contributed by atoms with Crippen LogP contribution in [0.3, 0.4) is 0 Å². The molecule has 21 heavy (non-hydrogen) atoms. The molecule has 4 heteroatoms. The van der Waals surface area contributed by atoms with Crippen LogP contribution < -0.4 is 10.6 Å². The van der Waals surface area contributed by atoms with E-state index < -0.39 is 0 Å². The van der Waals surface area contributed by atoms with E-state index in [1.165, 1.54) is 11.1 Å². The van der Waals surface area contributed by atoms with E-state index in [0.717, 1.165) is 18.5 Å². The van der Waals surface area contributed by atoms with Gasteiger partial charge in [0.1, 0.15) is 0 Å². The first kappa shape index (κ1) is 15.4. The molecule has 2 aromatic rings. The molecule has 0 aliphatic rings. The van der Waals surface area contributed by atoms with E-state index in [9.17, 15) is 4.79 Å². The molecular formula is C17H19ClN2O. The van der Waals surface area contributed by atoms with Gasteiger partial charge in [-0.1, -0.05) is 41.4 Å².